The normalized spacial score (nSPS) is 14.8. The molecule has 0 saturated heterocycles. The third-order valence-corrected chi connectivity index (χ3v) is 6.17. The SMILES string of the molecule is Cc1cccc(NC(=O)NC2N=C(c3ccccc3F)c3ccccc3N(Cc3cc(C)ccn3)C2=O)c1. The van der Waals surface area contributed by atoms with Crippen LogP contribution in [-0.4, -0.2) is 28.8 Å². The Kier molecular flexibility index (Phi) is 6.95. The molecule has 1 unspecified atom stereocenters. The average Bonchev–Trinajstić information content (AvgIpc) is 3.00. The first-order chi connectivity index (χ1) is 18.4. The molecule has 1 atom stereocenters. The number of nitrogens with zero attached hydrogens (tertiary/aromatic N) is 3. The summed E-state index contributed by atoms with van der Waals surface area (Å²) in [6, 6.07) is 23.9. The average molecular weight is 508 g/mol. The van der Waals surface area contributed by atoms with E-state index >= 15 is 4.39 Å². The standard InChI is InChI=1S/C30H26FN5O2/c1-19-8-7-9-21(16-19)33-30(38)35-28-29(37)36(18-22-17-20(2)14-15-32-22)26-13-6-4-11-24(26)27(34-28)23-10-3-5-12-25(23)31/h3-17,28H,18H2,1-2H3,(H2,33,35,38). The van der Waals surface area contributed by atoms with Crippen LogP contribution in [0.3, 0.4) is 0 Å². The van der Waals surface area contributed by atoms with Crippen LogP contribution in [0.15, 0.2) is 96.1 Å². The van der Waals surface area contributed by atoms with E-state index in [9.17, 15) is 9.59 Å². The number of benzodiazepines with no additional fused rings is 1. The van der Waals surface area contributed by atoms with Gasteiger partial charge in [0.2, 0.25) is 6.17 Å². The molecule has 0 radical (unpaired) electrons. The highest BCUT2D eigenvalue weighted by molar-refractivity contribution is 6.20. The number of aryl methyl sites for hydroxylation is 2. The van der Waals surface area contributed by atoms with Crippen molar-refractivity contribution in [3.63, 3.8) is 0 Å². The van der Waals surface area contributed by atoms with Crippen molar-refractivity contribution < 1.29 is 14.0 Å². The molecular weight excluding hydrogens is 481 g/mol. The van der Waals surface area contributed by atoms with Gasteiger partial charge in [-0.2, -0.15) is 0 Å². The van der Waals surface area contributed by atoms with Crippen molar-refractivity contribution in [2.75, 3.05) is 10.2 Å². The number of para-hydroxylation sites is 1. The third-order valence-electron chi connectivity index (χ3n) is 6.17. The van der Waals surface area contributed by atoms with Gasteiger partial charge in [-0.15, -0.1) is 0 Å². The summed E-state index contributed by atoms with van der Waals surface area (Å²) in [6.45, 7) is 4.01. The van der Waals surface area contributed by atoms with Crippen LogP contribution in [-0.2, 0) is 11.3 Å². The van der Waals surface area contributed by atoms with E-state index in [0.717, 1.165) is 11.1 Å². The second kappa shape index (κ2) is 10.6. The lowest BCUT2D eigenvalue weighted by Gasteiger charge is -2.25. The summed E-state index contributed by atoms with van der Waals surface area (Å²) < 4.78 is 15.0. The summed E-state index contributed by atoms with van der Waals surface area (Å²) in [7, 11) is 0. The molecule has 1 aliphatic heterocycles. The first-order valence-corrected chi connectivity index (χ1v) is 12.2. The lowest BCUT2D eigenvalue weighted by Crippen LogP contribution is -2.48. The predicted molar refractivity (Wildman–Crippen MR) is 146 cm³/mol. The zero-order valence-electron chi connectivity index (χ0n) is 21.0. The van der Waals surface area contributed by atoms with Gasteiger partial charge in [0.25, 0.3) is 5.91 Å². The molecule has 38 heavy (non-hydrogen) atoms. The number of hydrogen-bond acceptors (Lipinski definition) is 4. The molecule has 1 aliphatic rings. The van der Waals surface area contributed by atoms with Crippen molar-refractivity contribution in [1.82, 2.24) is 10.3 Å². The number of pyridine rings is 1. The smallest absolute Gasteiger partial charge is 0.308 e. The van der Waals surface area contributed by atoms with Crippen molar-refractivity contribution in [2.24, 2.45) is 4.99 Å². The van der Waals surface area contributed by atoms with Crippen molar-refractivity contribution in [3.8, 4) is 0 Å². The Morgan fingerprint density at radius 1 is 0.921 bits per heavy atom. The number of hydrogen-bond donors (Lipinski definition) is 2. The van der Waals surface area contributed by atoms with Gasteiger partial charge in [-0.3, -0.25) is 9.78 Å². The number of amides is 3. The molecule has 2 N–H and O–H groups in total. The molecule has 190 valence electrons. The quantitative estimate of drug-likeness (QED) is 0.381. The Labute approximate surface area is 220 Å². The highest BCUT2D eigenvalue weighted by Gasteiger charge is 2.34. The molecule has 7 nitrogen and oxygen atoms in total. The summed E-state index contributed by atoms with van der Waals surface area (Å²) in [5.41, 5.74) is 4.84. The van der Waals surface area contributed by atoms with Crippen molar-refractivity contribution in [2.45, 2.75) is 26.6 Å². The van der Waals surface area contributed by atoms with Crippen LogP contribution in [0.1, 0.15) is 27.9 Å². The first-order valence-electron chi connectivity index (χ1n) is 12.2. The molecule has 4 aromatic rings. The number of aliphatic imine (C=N–C) groups is 1. The third kappa shape index (κ3) is 5.29. The summed E-state index contributed by atoms with van der Waals surface area (Å²) in [5, 5.41) is 5.44. The Morgan fingerprint density at radius 2 is 1.66 bits per heavy atom. The lowest BCUT2D eigenvalue weighted by atomic mass is 9.99. The molecule has 8 heteroatoms. The van der Waals surface area contributed by atoms with Crippen LogP contribution in [0, 0.1) is 19.7 Å². The molecule has 0 fully saturated rings. The largest absolute Gasteiger partial charge is 0.321 e. The summed E-state index contributed by atoms with van der Waals surface area (Å²) >= 11 is 0. The van der Waals surface area contributed by atoms with Gasteiger partial charge >= 0.3 is 6.03 Å². The topological polar surface area (TPSA) is 86.7 Å². The molecule has 0 bridgehead atoms. The van der Waals surface area contributed by atoms with Crippen LogP contribution in [0.2, 0.25) is 0 Å². The van der Waals surface area contributed by atoms with Crippen LogP contribution >= 0.6 is 0 Å². The van der Waals surface area contributed by atoms with Crippen LogP contribution < -0.4 is 15.5 Å². The Hall–Kier alpha value is -4.85. The number of urea groups is 1. The zero-order valence-corrected chi connectivity index (χ0v) is 21.0. The fourth-order valence-electron chi connectivity index (χ4n) is 4.42. The minimum Gasteiger partial charge on any atom is -0.308 e. The first kappa shape index (κ1) is 24.8. The number of rotatable bonds is 5. The molecule has 3 amide bonds. The van der Waals surface area contributed by atoms with E-state index in [0.29, 0.717) is 22.6 Å². The number of aromatic nitrogens is 1. The molecule has 0 spiro atoms. The number of carbonyl (C=O) groups excluding carboxylic acids is 2. The fraction of sp³-hybridized carbons (Fsp3) is 0.133. The van der Waals surface area contributed by atoms with Gasteiger partial charge in [-0.05, 0) is 67.4 Å². The van der Waals surface area contributed by atoms with Crippen molar-refractivity contribution >= 4 is 29.0 Å². The molecule has 3 aromatic carbocycles. The van der Waals surface area contributed by atoms with Gasteiger partial charge in [0.1, 0.15) is 5.82 Å². The molecule has 1 aromatic heterocycles. The number of nitrogens with one attached hydrogen (secondary N) is 2. The van der Waals surface area contributed by atoms with Gasteiger partial charge in [0, 0.05) is 23.0 Å². The second-order valence-corrected chi connectivity index (χ2v) is 9.09. The number of anilines is 2. The van der Waals surface area contributed by atoms with Gasteiger partial charge < -0.3 is 15.5 Å². The Morgan fingerprint density at radius 3 is 2.42 bits per heavy atom. The van der Waals surface area contributed by atoms with Gasteiger partial charge in [-0.25, -0.2) is 14.2 Å². The minimum atomic E-state index is -1.31. The molecule has 0 saturated carbocycles. The summed E-state index contributed by atoms with van der Waals surface area (Å²) in [5.74, 6) is -0.947. The maximum absolute atomic E-state index is 15.0. The van der Waals surface area contributed by atoms with E-state index in [1.807, 2.05) is 44.2 Å². The minimum absolute atomic E-state index is 0.148. The van der Waals surface area contributed by atoms with E-state index in [2.05, 4.69) is 20.6 Å². The maximum atomic E-state index is 15.0. The van der Waals surface area contributed by atoms with Crippen molar-refractivity contribution in [1.29, 1.82) is 0 Å². The van der Waals surface area contributed by atoms with Crippen LogP contribution in [0.25, 0.3) is 0 Å². The molecular formula is C30H26FN5O2. The number of fused-ring (bicyclic) bond motifs is 1. The molecule has 5 rings (SSSR count). The Bertz CT molecular complexity index is 1550. The highest BCUT2D eigenvalue weighted by atomic mass is 19.1. The van der Waals surface area contributed by atoms with Gasteiger partial charge in [-0.1, -0.05) is 42.5 Å². The van der Waals surface area contributed by atoms with E-state index < -0.39 is 23.9 Å². The predicted octanol–water partition coefficient (Wildman–Crippen LogP) is 5.37. The van der Waals surface area contributed by atoms with Crippen LogP contribution in [0.5, 0.6) is 0 Å². The maximum Gasteiger partial charge on any atom is 0.321 e. The number of benzene rings is 3. The number of halogens is 1. The van der Waals surface area contributed by atoms with Gasteiger partial charge in [0.15, 0.2) is 0 Å². The molecule has 2 heterocycles. The van der Waals surface area contributed by atoms with E-state index in [-0.39, 0.29) is 17.8 Å². The highest BCUT2D eigenvalue weighted by Crippen LogP contribution is 2.30. The van der Waals surface area contributed by atoms with Gasteiger partial charge in [0.05, 0.1) is 23.6 Å². The summed E-state index contributed by atoms with van der Waals surface area (Å²) in [4.78, 5) is 37.5. The van der Waals surface area contributed by atoms with Crippen molar-refractivity contribution in [3.05, 3.63) is 125 Å². The van der Waals surface area contributed by atoms with E-state index in [1.54, 1.807) is 54.7 Å². The zero-order chi connectivity index (χ0) is 26.6. The van der Waals surface area contributed by atoms with E-state index in [4.69, 9.17) is 0 Å². The second-order valence-electron chi connectivity index (χ2n) is 9.09. The van der Waals surface area contributed by atoms with Crippen LogP contribution in [0.4, 0.5) is 20.6 Å². The molecule has 0 aliphatic carbocycles. The lowest BCUT2D eigenvalue weighted by molar-refractivity contribution is -0.120. The monoisotopic (exact) mass is 507 g/mol. The fourth-order valence-corrected chi connectivity index (χ4v) is 4.42. The number of carbonyl (C=O) groups is 2. The van der Waals surface area contributed by atoms with E-state index in [1.165, 1.54) is 11.0 Å². The summed E-state index contributed by atoms with van der Waals surface area (Å²) in [6.07, 6.45) is 0.372. The Balaban J connectivity index is 1.58.